The fraction of sp³-hybridized carbons (Fsp3) is 0.286. The number of nitrogens with zero attached hydrogens (tertiary/aromatic N) is 6. The number of rotatable bonds is 13. The van der Waals surface area contributed by atoms with E-state index >= 15 is 0 Å². The molecule has 20 heteroatoms. The molecule has 16 nitrogen and oxygen atoms in total. The van der Waals surface area contributed by atoms with Crippen LogP contribution >= 0.6 is 0 Å². The van der Waals surface area contributed by atoms with Crippen LogP contribution < -0.4 is 4.72 Å². The molecule has 4 aromatic rings. The van der Waals surface area contributed by atoms with E-state index in [0.717, 1.165) is 38.4 Å². The van der Waals surface area contributed by atoms with Crippen molar-refractivity contribution in [3.63, 3.8) is 0 Å². The lowest BCUT2D eigenvalue weighted by Gasteiger charge is -2.35. The number of sulfonamides is 1. The highest BCUT2D eigenvalue weighted by Gasteiger charge is 2.41. The third-order valence-corrected chi connectivity index (χ3v) is 10.2. The van der Waals surface area contributed by atoms with E-state index in [-0.39, 0.29) is 45.5 Å². The van der Waals surface area contributed by atoms with Gasteiger partial charge in [0.1, 0.15) is 12.6 Å². The van der Waals surface area contributed by atoms with Gasteiger partial charge in [0.25, 0.3) is 21.8 Å². The van der Waals surface area contributed by atoms with Gasteiger partial charge >= 0.3 is 12.1 Å². The fourth-order valence-electron chi connectivity index (χ4n) is 5.71. The van der Waals surface area contributed by atoms with Crippen LogP contribution in [0.25, 0.3) is 16.9 Å². The van der Waals surface area contributed by atoms with E-state index in [1.165, 1.54) is 31.2 Å². The molecule has 3 amide bonds. The van der Waals surface area contributed by atoms with Gasteiger partial charge in [-0.3, -0.25) is 19.2 Å². The van der Waals surface area contributed by atoms with Gasteiger partial charge in [0.05, 0.1) is 45.3 Å². The average Bonchev–Trinajstić information content (AvgIpc) is 3.69. The molecule has 55 heavy (non-hydrogen) atoms. The van der Waals surface area contributed by atoms with Crippen molar-refractivity contribution in [2.45, 2.75) is 56.5 Å². The van der Waals surface area contributed by atoms with Crippen LogP contribution in [-0.4, -0.2) is 82.2 Å². The third kappa shape index (κ3) is 8.27. The average molecular weight is 784 g/mol. The number of hydrazine groups is 1. The first kappa shape index (κ1) is 38.4. The van der Waals surface area contributed by atoms with Crippen LogP contribution in [0.2, 0.25) is 0 Å². The molecule has 2 atom stereocenters. The molecular weight excluding hydrogens is 751 g/mol. The summed E-state index contributed by atoms with van der Waals surface area (Å²) in [7, 11) is -4.44. The molecule has 1 aromatic heterocycles. The topological polar surface area (TPSA) is 196 Å². The minimum absolute atomic E-state index is 0.110. The molecule has 6 rings (SSSR count). The molecule has 0 saturated carbocycles. The molecule has 3 heterocycles. The number of hydrogen-bond acceptors (Lipinski definition) is 11. The van der Waals surface area contributed by atoms with Crippen molar-refractivity contribution in [3.05, 3.63) is 106 Å². The Morgan fingerprint density at radius 1 is 1.02 bits per heavy atom. The summed E-state index contributed by atoms with van der Waals surface area (Å²) in [6.07, 6.45) is -6.57. The van der Waals surface area contributed by atoms with Gasteiger partial charge in [-0.05, 0) is 62.7 Å². The van der Waals surface area contributed by atoms with Crippen LogP contribution in [0.1, 0.15) is 58.2 Å². The minimum atomic E-state index is -4.73. The highest BCUT2D eigenvalue weighted by Crippen LogP contribution is 2.33. The summed E-state index contributed by atoms with van der Waals surface area (Å²) in [5, 5.41) is 20.8. The van der Waals surface area contributed by atoms with Gasteiger partial charge in [0.2, 0.25) is 17.4 Å². The Hall–Kier alpha value is -6.31. The normalized spacial score (nSPS) is 16.4. The van der Waals surface area contributed by atoms with E-state index in [0.29, 0.717) is 12.0 Å². The monoisotopic (exact) mass is 783 g/mol. The molecular formula is C35H32F3N7O9S. The number of imide groups is 1. The smallest absolute Gasteiger partial charge is 0.435 e. The summed E-state index contributed by atoms with van der Waals surface area (Å²) in [5.41, 5.74) is 0.845. The van der Waals surface area contributed by atoms with Gasteiger partial charge in [-0.1, -0.05) is 42.0 Å². The predicted molar refractivity (Wildman–Crippen MR) is 183 cm³/mol. The standard InChI is InChI=1S/C35H32F3N7O9S/c1-21-7-9-23(10-8-21)29-19-30(35(36,37)38)39-44(29)24-11-13-26(14-12-24)55(51,52)40-31(46)15-16-32(47)53-20-25-17-18-42(25)45(50)41-54-22(2)43-33(48)27-5-3-4-6-28(27)34(43)49/h3-14,19,22,25H,15-18,20H2,1-2H3,(H,40,46)/t22?,25-/m0/s1. The van der Waals surface area contributed by atoms with E-state index < -0.39 is 70.7 Å². The lowest BCUT2D eigenvalue weighted by Crippen LogP contribution is -2.53. The van der Waals surface area contributed by atoms with Crippen LogP contribution in [-0.2, 0) is 35.4 Å². The Kier molecular flexibility index (Phi) is 10.6. The summed E-state index contributed by atoms with van der Waals surface area (Å²) in [5.74, 6) is -3.07. The van der Waals surface area contributed by atoms with Gasteiger partial charge < -0.3 is 14.8 Å². The van der Waals surface area contributed by atoms with E-state index in [1.54, 1.807) is 36.4 Å². The third-order valence-electron chi connectivity index (χ3n) is 8.77. The lowest BCUT2D eigenvalue weighted by atomic mass is 10.1. The number of amides is 3. The van der Waals surface area contributed by atoms with Crippen LogP contribution in [0.3, 0.4) is 0 Å². The summed E-state index contributed by atoms with van der Waals surface area (Å²) < 4.78 is 74.5. The second-order valence-corrected chi connectivity index (χ2v) is 14.2. The molecule has 288 valence electrons. The van der Waals surface area contributed by atoms with Crippen molar-refractivity contribution >= 4 is 33.7 Å². The van der Waals surface area contributed by atoms with Crippen LogP contribution in [0.5, 0.6) is 0 Å². The number of alkyl halides is 3. The van der Waals surface area contributed by atoms with Crippen LogP contribution in [0.15, 0.2) is 89.0 Å². The maximum atomic E-state index is 13.5. The van der Waals surface area contributed by atoms with E-state index in [9.17, 15) is 46.0 Å². The molecule has 1 N–H and O–H groups in total. The first-order valence-electron chi connectivity index (χ1n) is 16.7. The highest BCUT2D eigenvalue weighted by molar-refractivity contribution is 7.90. The number of aryl methyl sites for hydroxylation is 1. The van der Waals surface area contributed by atoms with E-state index in [2.05, 4.69) is 10.4 Å². The number of carbonyl (C=O) groups is 4. The second kappa shape index (κ2) is 15.2. The Morgan fingerprint density at radius 2 is 1.65 bits per heavy atom. The maximum Gasteiger partial charge on any atom is 0.435 e. The molecule has 0 spiro atoms. The number of fused-ring (bicyclic) bond motifs is 1. The number of esters is 1. The molecule has 0 aliphatic carbocycles. The Bertz CT molecular complexity index is 2240. The van der Waals surface area contributed by atoms with Gasteiger partial charge in [-0.25, -0.2) is 22.7 Å². The molecule has 1 unspecified atom stereocenters. The van der Waals surface area contributed by atoms with Crippen molar-refractivity contribution in [2.24, 2.45) is 5.28 Å². The van der Waals surface area contributed by atoms with E-state index in [1.807, 2.05) is 11.6 Å². The zero-order chi connectivity index (χ0) is 39.7. The number of benzene rings is 3. The largest absolute Gasteiger partial charge is 0.569 e. The number of carbonyl (C=O) groups excluding carboxylic acids is 4. The highest BCUT2D eigenvalue weighted by atomic mass is 32.2. The lowest BCUT2D eigenvalue weighted by molar-refractivity contribution is -0.733. The minimum Gasteiger partial charge on any atom is -0.569 e. The Morgan fingerprint density at radius 3 is 2.24 bits per heavy atom. The number of ether oxygens (including phenoxy) is 1. The number of aromatic nitrogens is 2. The molecule has 0 radical (unpaired) electrons. The quantitative estimate of drug-likeness (QED) is 0.0659. The summed E-state index contributed by atoms with van der Waals surface area (Å²) in [6.45, 7) is 3.16. The maximum absolute atomic E-state index is 13.5. The van der Waals surface area contributed by atoms with Crippen molar-refractivity contribution in [1.29, 1.82) is 0 Å². The molecule has 1 saturated heterocycles. The van der Waals surface area contributed by atoms with Gasteiger partial charge in [-0.2, -0.15) is 18.3 Å². The molecule has 0 bridgehead atoms. The van der Waals surface area contributed by atoms with Crippen molar-refractivity contribution in [2.75, 3.05) is 13.2 Å². The fourth-order valence-corrected chi connectivity index (χ4v) is 6.73. The van der Waals surface area contributed by atoms with Crippen molar-refractivity contribution in [1.82, 2.24) is 24.4 Å². The summed E-state index contributed by atoms with van der Waals surface area (Å²) in [6, 6.07) is 17.9. The number of hydrogen-bond donors (Lipinski definition) is 1. The predicted octanol–water partition coefficient (Wildman–Crippen LogP) is 4.52. The van der Waals surface area contributed by atoms with Crippen LogP contribution in [0.4, 0.5) is 13.2 Å². The van der Waals surface area contributed by atoms with E-state index in [4.69, 9.17) is 9.57 Å². The first-order valence-corrected chi connectivity index (χ1v) is 18.2. The molecule has 3 aromatic carbocycles. The zero-order valence-corrected chi connectivity index (χ0v) is 29.9. The van der Waals surface area contributed by atoms with Crippen LogP contribution in [0, 0.1) is 12.1 Å². The number of halogens is 3. The first-order chi connectivity index (χ1) is 26.0. The second-order valence-electron chi connectivity index (χ2n) is 12.6. The number of nitrogens with one attached hydrogen (secondary N) is 1. The van der Waals surface area contributed by atoms with Gasteiger partial charge in [-0.15, -0.1) is 5.01 Å². The Labute approximate surface area is 311 Å². The van der Waals surface area contributed by atoms with Crippen molar-refractivity contribution < 1.29 is 55.3 Å². The van der Waals surface area contributed by atoms with Gasteiger partial charge in [0, 0.05) is 12.0 Å². The zero-order valence-electron chi connectivity index (χ0n) is 29.1. The van der Waals surface area contributed by atoms with Gasteiger partial charge in [0.15, 0.2) is 5.69 Å². The summed E-state index contributed by atoms with van der Waals surface area (Å²) in [4.78, 5) is 55.7. The Balaban J connectivity index is 0.978. The molecule has 2 aliphatic rings. The molecule has 2 aliphatic heterocycles. The van der Waals surface area contributed by atoms with Crippen molar-refractivity contribution in [3.8, 4) is 16.9 Å². The summed E-state index contributed by atoms with van der Waals surface area (Å²) >= 11 is 0. The molecule has 1 fully saturated rings. The SMILES string of the molecule is Cc1ccc(-c2cc(C(F)(F)F)nn2-c2ccc(S(=O)(=O)NC(=O)CCC(=O)OC[C@@H]3CCN3[N+]([O-])=NOC(C)N3C(=O)c4ccccc4C3=O)cc2)cc1.